The molecule has 0 saturated heterocycles. The largest absolute Gasteiger partial charge is 0.492 e. The number of anilines is 1. The van der Waals surface area contributed by atoms with E-state index in [2.05, 4.69) is 10.6 Å². The van der Waals surface area contributed by atoms with Gasteiger partial charge in [-0.2, -0.15) is 0 Å². The zero-order valence-electron chi connectivity index (χ0n) is 17.2. The number of hydrogen-bond acceptors (Lipinski definition) is 4. The number of para-hydroxylation sites is 1. The maximum Gasteiger partial charge on any atom is 0.253 e. The van der Waals surface area contributed by atoms with Gasteiger partial charge in [-0.15, -0.1) is 0 Å². The fourth-order valence-electron chi connectivity index (χ4n) is 3.51. The Morgan fingerprint density at radius 3 is 2.67 bits per heavy atom. The van der Waals surface area contributed by atoms with Crippen LogP contribution in [0.15, 0.2) is 48.5 Å². The summed E-state index contributed by atoms with van der Waals surface area (Å²) >= 11 is 0. The fraction of sp³-hybridized carbons (Fsp3) is 0.391. The molecule has 6 nitrogen and oxygen atoms in total. The van der Waals surface area contributed by atoms with Crippen molar-refractivity contribution in [3.63, 3.8) is 0 Å². The van der Waals surface area contributed by atoms with Crippen LogP contribution in [0.4, 0.5) is 10.1 Å². The molecule has 1 aliphatic rings. The lowest BCUT2D eigenvalue weighted by molar-refractivity contribution is -0.117. The van der Waals surface area contributed by atoms with Crippen molar-refractivity contribution in [2.24, 2.45) is 0 Å². The second kappa shape index (κ2) is 10.7. The molecule has 2 aromatic carbocycles. The number of likely N-dealkylation sites (N-methyl/N-ethyl adjacent to an activating group) is 1. The van der Waals surface area contributed by atoms with Gasteiger partial charge in [0.1, 0.15) is 18.2 Å². The molecule has 0 spiro atoms. The molecule has 2 amide bonds. The van der Waals surface area contributed by atoms with Crippen molar-refractivity contribution in [2.45, 2.75) is 31.7 Å². The Morgan fingerprint density at radius 2 is 1.90 bits per heavy atom. The lowest BCUT2D eigenvalue weighted by atomic mass is 10.1. The Bertz CT molecular complexity index is 868. The van der Waals surface area contributed by atoms with Crippen LogP contribution in [0.25, 0.3) is 0 Å². The monoisotopic (exact) mass is 413 g/mol. The minimum atomic E-state index is -0.351. The maximum absolute atomic E-state index is 13.2. The first-order valence-corrected chi connectivity index (χ1v) is 10.3. The summed E-state index contributed by atoms with van der Waals surface area (Å²) in [5.41, 5.74) is 0.970. The molecule has 0 heterocycles. The van der Waals surface area contributed by atoms with Gasteiger partial charge >= 0.3 is 0 Å². The lowest BCUT2D eigenvalue weighted by Gasteiger charge is -2.18. The molecule has 0 aromatic heterocycles. The first-order valence-electron chi connectivity index (χ1n) is 10.3. The van der Waals surface area contributed by atoms with Crippen LogP contribution in [-0.2, 0) is 4.79 Å². The van der Waals surface area contributed by atoms with Crippen LogP contribution in [0.1, 0.15) is 36.0 Å². The summed E-state index contributed by atoms with van der Waals surface area (Å²) in [7, 11) is 1.80. The van der Waals surface area contributed by atoms with Crippen molar-refractivity contribution in [3.05, 3.63) is 59.9 Å². The normalized spacial score (nSPS) is 14.0. The standard InChI is InChI=1S/C23H28FN3O3/c1-27(13-14-30-19-10-6-7-17(24)15-19)16-22(28)26-21-12-5-4-11-20(21)23(29)25-18-8-2-3-9-18/h4-7,10-12,15,18H,2-3,8-9,13-14,16H2,1H3,(H,25,29)(H,26,28). The quantitative estimate of drug-likeness (QED) is 0.661. The molecule has 0 radical (unpaired) electrons. The molecule has 0 atom stereocenters. The summed E-state index contributed by atoms with van der Waals surface area (Å²) in [5.74, 6) is -0.273. The third-order valence-corrected chi connectivity index (χ3v) is 5.09. The van der Waals surface area contributed by atoms with Crippen LogP contribution < -0.4 is 15.4 Å². The molecule has 2 aromatic rings. The van der Waals surface area contributed by atoms with Gasteiger partial charge in [-0.3, -0.25) is 14.5 Å². The third kappa shape index (κ3) is 6.56. The van der Waals surface area contributed by atoms with Crippen LogP contribution in [0.2, 0.25) is 0 Å². The summed E-state index contributed by atoms with van der Waals surface area (Å²) in [6.07, 6.45) is 4.28. The number of amides is 2. The minimum absolute atomic E-state index is 0.144. The van der Waals surface area contributed by atoms with E-state index >= 15 is 0 Å². The van der Waals surface area contributed by atoms with Crippen LogP contribution in [-0.4, -0.2) is 49.5 Å². The molecule has 1 fully saturated rings. The molecule has 0 aliphatic heterocycles. The second-order valence-corrected chi connectivity index (χ2v) is 7.59. The fourth-order valence-corrected chi connectivity index (χ4v) is 3.51. The first-order chi connectivity index (χ1) is 14.5. The molecule has 160 valence electrons. The molecular formula is C23H28FN3O3. The number of rotatable bonds is 9. The summed E-state index contributed by atoms with van der Waals surface area (Å²) in [4.78, 5) is 26.9. The van der Waals surface area contributed by atoms with Gasteiger partial charge in [0.15, 0.2) is 0 Å². The highest BCUT2D eigenvalue weighted by atomic mass is 19.1. The predicted molar refractivity (Wildman–Crippen MR) is 114 cm³/mol. The minimum Gasteiger partial charge on any atom is -0.492 e. The van der Waals surface area contributed by atoms with Crippen LogP contribution >= 0.6 is 0 Å². The Hall–Kier alpha value is -2.93. The van der Waals surface area contributed by atoms with E-state index in [4.69, 9.17) is 4.74 Å². The molecule has 1 saturated carbocycles. The Labute approximate surface area is 176 Å². The zero-order valence-corrected chi connectivity index (χ0v) is 17.2. The smallest absolute Gasteiger partial charge is 0.253 e. The van der Waals surface area contributed by atoms with E-state index in [0.29, 0.717) is 30.2 Å². The summed E-state index contributed by atoms with van der Waals surface area (Å²) < 4.78 is 18.7. The number of carbonyl (C=O) groups is 2. The Morgan fingerprint density at radius 1 is 1.13 bits per heavy atom. The van der Waals surface area contributed by atoms with Crippen molar-refractivity contribution in [2.75, 3.05) is 32.1 Å². The van der Waals surface area contributed by atoms with E-state index in [-0.39, 0.29) is 30.2 Å². The summed E-state index contributed by atoms with van der Waals surface area (Å²) in [6.45, 7) is 0.965. The van der Waals surface area contributed by atoms with Gasteiger partial charge < -0.3 is 15.4 Å². The molecule has 30 heavy (non-hydrogen) atoms. The van der Waals surface area contributed by atoms with E-state index in [9.17, 15) is 14.0 Å². The van der Waals surface area contributed by atoms with Gasteiger partial charge in [0.25, 0.3) is 5.91 Å². The highest BCUT2D eigenvalue weighted by Gasteiger charge is 2.20. The molecule has 1 aliphatic carbocycles. The van der Waals surface area contributed by atoms with Gasteiger partial charge in [0.2, 0.25) is 5.91 Å². The zero-order chi connectivity index (χ0) is 21.3. The number of hydrogen-bond donors (Lipinski definition) is 2. The van der Waals surface area contributed by atoms with Gasteiger partial charge in [-0.1, -0.05) is 31.0 Å². The highest BCUT2D eigenvalue weighted by molar-refractivity contribution is 6.04. The number of nitrogens with one attached hydrogen (secondary N) is 2. The number of halogens is 1. The lowest BCUT2D eigenvalue weighted by Crippen LogP contribution is -2.35. The Kier molecular flexibility index (Phi) is 7.79. The van der Waals surface area contributed by atoms with E-state index in [1.54, 1.807) is 48.3 Å². The molecular weight excluding hydrogens is 385 g/mol. The van der Waals surface area contributed by atoms with E-state index in [0.717, 1.165) is 25.7 Å². The van der Waals surface area contributed by atoms with Gasteiger partial charge in [-0.05, 0) is 44.2 Å². The van der Waals surface area contributed by atoms with Gasteiger partial charge in [-0.25, -0.2) is 4.39 Å². The van der Waals surface area contributed by atoms with Crippen molar-refractivity contribution in [3.8, 4) is 5.75 Å². The van der Waals surface area contributed by atoms with Gasteiger partial charge in [0, 0.05) is 18.7 Å². The maximum atomic E-state index is 13.2. The van der Waals surface area contributed by atoms with Crippen LogP contribution in [0.5, 0.6) is 5.75 Å². The second-order valence-electron chi connectivity index (χ2n) is 7.59. The van der Waals surface area contributed by atoms with Crippen LogP contribution in [0, 0.1) is 5.82 Å². The number of benzene rings is 2. The van der Waals surface area contributed by atoms with Crippen molar-refractivity contribution in [1.29, 1.82) is 0 Å². The van der Waals surface area contributed by atoms with E-state index < -0.39 is 0 Å². The Balaban J connectivity index is 1.47. The summed E-state index contributed by atoms with van der Waals surface area (Å²) in [5, 5.41) is 5.88. The number of nitrogens with zero attached hydrogens (tertiary/aromatic N) is 1. The average Bonchev–Trinajstić information content (AvgIpc) is 3.21. The van der Waals surface area contributed by atoms with Gasteiger partial charge in [0.05, 0.1) is 17.8 Å². The molecule has 0 bridgehead atoms. The topological polar surface area (TPSA) is 70.7 Å². The molecule has 0 unspecified atom stereocenters. The number of ether oxygens (including phenoxy) is 1. The molecule has 7 heteroatoms. The van der Waals surface area contributed by atoms with E-state index in [1.807, 2.05) is 0 Å². The van der Waals surface area contributed by atoms with Crippen molar-refractivity contribution in [1.82, 2.24) is 10.2 Å². The molecule has 3 rings (SSSR count). The average molecular weight is 413 g/mol. The van der Waals surface area contributed by atoms with Crippen LogP contribution in [0.3, 0.4) is 0 Å². The third-order valence-electron chi connectivity index (χ3n) is 5.09. The summed E-state index contributed by atoms with van der Waals surface area (Å²) in [6, 6.07) is 13.2. The van der Waals surface area contributed by atoms with Crippen molar-refractivity contribution < 1.29 is 18.7 Å². The predicted octanol–water partition coefficient (Wildman–Crippen LogP) is 3.45. The highest BCUT2D eigenvalue weighted by Crippen LogP contribution is 2.20. The molecule has 2 N–H and O–H groups in total. The first kappa shape index (κ1) is 21.8. The number of carbonyl (C=O) groups excluding carboxylic acids is 2. The van der Waals surface area contributed by atoms with E-state index in [1.165, 1.54) is 12.1 Å². The van der Waals surface area contributed by atoms with Crippen molar-refractivity contribution >= 4 is 17.5 Å². The SMILES string of the molecule is CN(CCOc1cccc(F)c1)CC(=O)Nc1ccccc1C(=O)NC1CCCC1.